The summed E-state index contributed by atoms with van der Waals surface area (Å²) in [6, 6.07) is 0. The molecule has 0 saturated carbocycles. The molecule has 0 spiro atoms. The fourth-order valence-electron chi connectivity index (χ4n) is 1.59. The minimum atomic E-state index is -3.04. The summed E-state index contributed by atoms with van der Waals surface area (Å²) in [4.78, 5) is 0. The van der Waals surface area contributed by atoms with E-state index in [-0.39, 0.29) is 11.9 Å². The number of sulfone groups is 1. The van der Waals surface area contributed by atoms with Gasteiger partial charge in [-0.2, -0.15) is 0 Å². The van der Waals surface area contributed by atoms with Gasteiger partial charge in [-0.3, -0.25) is 0 Å². The van der Waals surface area contributed by atoms with E-state index in [0.29, 0.717) is 6.61 Å². The summed E-state index contributed by atoms with van der Waals surface area (Å²) in [5, 5.41) is 3.24. The van der Waals surface area contributed by atoms with Crippen molar-refractivity contribution in [3.8, 4) is 0 Å². The van der Waals surface area contributed by atoms with E-state index in [1.807, 2.05) is 0 Å². The van der Waals surface area contributed by atoms with Gasteiger partial charge >= 0.3 is 0 Å². The molecule has 0 aromatic carbocycles. The van der Waals surface area contributed by atoms with Gasteiger partial charge in [0.1, 0.15) is 0 Å². The van der Waals surface area contributed by atoms with Gasteiger partial charge in [0.05, 0.1) is 23.2 Å². The highest BCUT2D eigenvalue weighted by Crippen LogP contribution is 2.16. The van der Waals surface area contributed by atoms with Gasteiger partial charge in [0, 0.05) is 6.54 Å². The van der Waals surface area contributed by atoms with Crippen LogP contribution in [0, 0.1) is 0 Å². The number of piperidine rings is 1. The SMILES string of the molecule is CC(C)(C)S(=O)(=O)CCO[C@H]1CCCNC1. The Bertz CT molecular complexity index is 300. The van der Waals surface area contributed by atoms with Crippen LogP contribution in [0.25, 0.3) is 0 Å². The molecule has 16 heavy (non-hydrogen) atoms. The van der Waals surface area contributed by atoms with Gasteiger partial charge in [-0.25, -0.2) is 8.42 Å². The zero-order valence-corrected chi connectivity index (χ0v) is 11.3. The number of hydrogen-bond donors (Lipinski definition) is 1. The molecule has 1 aliphatic rings. The van der Waals surface area contributed by atoms with Gasteiger partial charge in [-0.1, -0.05) is 0 Å². The lowest BCUT2D eigenvalue weighted by atomic mass is 10.1. The molecular formula is C11H23NO3S. The standard InChI is InChI=1S/C11H23NO3S/c1-11(2,3)16(13,14)8-7-15-10-5-4-6-12-9-10/h10,12H,4-9H2,1-3H3/t10-/m0/s1. The van der Waals surface area contributed by atoms with E-state index < -0.39 is 14.6 Å². The fraction of sp³-hybridized carbons (Fsp3) is 1.00. The van der Waals surface area contributed by atoms with Gasteiger partial charge in [0.25, 0.3) is 0 Å². The highest BCUT2D eigenvalue weighted by molar-refractivity contribution is 7.92. The highest BCUT2D eigenvalue weighted by Gasteiger charge is 2.28. The largest absolute Gasteiger partial charge is 0.376 e. The van der Waals surface area contributed by atoms with E-state index in [4.69, 9.17) is 4.74 Å². The zero-order valence-electron chi connectivity index (χ0n) is 10.5. The third kappa shape index (κ3) is 4.03. The first kappa shape index (κ1) is 13.9. The average Bonchev–Trinajstić information content (AvgIpc) is 2.17. The van der Waals surface area contributed by atoms with E-state index >= 15 is 0 Å². The highest BCUT2D eigenvalue weighted by atomic mass is 32.2. The first-order valence-corrected chi connectivity index (χ1v) is 7.53. The second-order valence-electron chi connectivity index (χ2n) is 5.27. The van der Waals surface area contributed by atoms with Gasteiger partial charge in [0.2, 0.25) is 0 Å². The van der Waals surface area contributed by atoms with Crippen LogP contribution in [0.2, 0.25) is 0 Å². The second-order valence-corrected chi connectivity index (χ2v) is 8.13. The summed E-state index contributed by atoms with van der Waals surface area (Å²) in [7, 11) is -3.04. The summed E-state index contributed by atoms with van der Waals surface area (Å²) < 4.78 is 28.5. The maximum Gasteiger partial charge on any atom is 0.157 e. The van der Waals surface area contributed by atoms with Crippen LogP contribution >= 0.6 is 0 Å². The molecule has 0 unspecified atom stereocenters. The quantitative estimate of drug-likeness (QED) is 0.806. The van der Waals surface area contributed by atoms with Crippen molar-refractivity contribution < 1.29 is 13.2 Å². The fourth-order valence-corrected chi connectivity index (χ4v) is 2.52. The predicted octanol–water partition coefficient (Wildman–Crippen LogP) is 0.968. The molecule has 1 saturated heterocycles. The molecule has 1 fully saturated rings. The Labute approximate surface area is 98.7 Å². The molecular weight excluding hydrogens is 226 g/mol. The Balaban J connectivity index is 2.29. The van der Waals surface area contributed by atoms with Gasteiger partial charge in [-0.05, 0) is 40.2 Å². The molecule has 1 heterocycles. The van der Waals surface area contributed by atoms with Crippen molar-refractivity contribution in [3.05, 3.63) is 0 Å². The van der Waals surface area contributed by atoms with E-state index in [2.05, 4.69) is 5.32 Å². The van der Waals surface area contributed by atoms with Crippen LogP contribution < -0.4 is 5.32 Å². The first-order chi connectivity index (χ1) is 7.33. The van der Waals surface area contributed by atoms with Crippen molar-refractivity contribution in [2.45, 2.75) is 44.5 Å². The smallest absolute Gasteiger partial charge is 0.157 e. The summed E-state index contributed by atoms with van der Waals surface area (Å²) in [5.41, 5.74) is 0. The lowest BCUT2D eigenvalue weighted by Gasteiger charge is -2.24. The van der Waals surface area contributed by atoms with Crippen LogP contribution in [0.3, 0.4) is 0 Å². The van der Waals surface area contributed by atoms with E-state index in [1.54, 1.807) is 20.8 Å². The second kappa shape index (κ2) is 5.47. The Kier molecular flexibility index (Phi) is 4.76. The van der Waals surface area contributed by atoms with Gasteiger partial charge in [0.15, 0.2) is 9.84 Å². The molecule has 96 valence electrons. The van der Waals surface area contributed by atoms with Crippen molar-refractivity contribution in [1.29, 1.82) is 0 Å². The lowest BCUT2D eigenvalue weighted by molar-refractivity contribution is 0.0467. The average molecular weight is 249 g/mol. The molecule has 4 nitrogen and oxygen atoms in total. The number of nitrogens with one attached hydrogen (secondary N) is 1. The lowest BCUT2D eigenvalue weighted by Crippen LogP contribution is -2.37. The van der Waals surface area contributed by atoms with Crippen molar-refractivity contribution in [2.75, 3.05) is 25.4 Å². The molecule has 1 N–H and O–H groups in total. The molecule has 1 rings (SSSR count). The molecule has 0 bridgehead atoms. The third-order valence-electron chi connectivity index (χ3n) is 2.89. The van der Waals surface area contributed by atoms with Crippen LogP contribution in [0.5, 0.6) is 0 Å². The summed E-state index contributed by atoms with van der Waals surface area (Å²) in [5.74, 6) is 0.118. The molecule has 0 aromatic rings. The monoisotopic (exact) mass is 249 g/mol. The molecule has 1 aliphatic heterocycles. The van der Waals surface area contributed by atoms with E-state index in [9.17, 15) is 8.42 Å². The minimum Gasteiger partial charge on any atom is -0.376 e. The van der Waals surface area contributed by atoms with Crippen LogP contribution in [0.4, 0.5) is 0 Å². The molecule has 1 atom stereocenters. The van der Waals surface area contributed by atoms with E-state index in [1.165, 1.54) is 0 Å². The Hall–Kier alpha value is -0.130. The molecule has 0 amide bonds. The zero-order chi connectivity index (χ0) is 12.2. The molecule has 0 radical (unpaired) electrons. The summed E-state index contributed by atoms with van der Waals surface area (Å²) in [6.07, 6.45) is 2.32. The topological polar surface area (TPSA) is 55.4 Å². The maximum absolute atomic E-state index is 11.8. The Morgan fingerprint density at radius 2 is 2.06 bits per heavy atom. The molecule has 0 aromatic heterocycles. The minimum absolute atomic E-state index is 0.118. The number of ether oxygens (including phenoxy) is 1. The Morgan fingerprint density at radius 3 is 2.56 bits per heavy atom. The molecule has 5 heteroatoms. The maximum atomic E-state index is 11.8. The summed E-state index contributed by atoms with van der Waals surface area (Å²) >= 11 is 0. The number of hydrogen-bond acceptors (Lipinski definition) is 4. The van der Waals surface area contributed by atoms with E-state index in [0.717, 1.165) is 25.9 Å². The predicted molar refractivity (Wildman–Crippen MR) is 65.4 cm³/mol. The van der Waals surface area contributed by atoms with Gasteiger partial charge in [-0.15, -0.1) is 0 Å². The van der Waals surface area contributed by atoms with Crippen LogP contribution in [0.15, 0.2) is 0 Å². The van der Waals surface area contributed by atoms with Crippen LogP contribution in [-0.2, 0) is 14.6 Å². The van der Waals surface area contributed by atoms with Gasteiger partial charge < -0.3 is 10.1 Å². The molecule has 0 aliphatic carbocycles. The summed E-state index contributed by atoms with van der Waals surface area (Å²) in [6.45, 7) is 7.38. The normalized spacial score (nSPS) is 23.3. The number of rotatable bonds is 4. The van der Waals surface area contributed by atoms with Crippen molar-refractivity contribution in [1.82, 2.24) is 5.32 Å². The van der Waals surface area contributed by atoms with Crippen molar-refractivity contribution >= 4 is 9.84 Å². The Morgan fingerprint density at radius 1 is 1.38 bits per heavy atom. The third-order valence-corrected chi connectivity index (χ3v) is 5.46. The van der Waals surface area contributed by atoms with Crippen molar-refractivity contribution in [3.63, 3.8) is 0 Å². The van der Waals surface area contributed by atoms with Crippen LogP contribution in [0.1, 0.15) is 33.6 Å². The van der Waals surface area contributed by atoms with Crippen molar-refractivity contribution in [2.24, 2.45) is 0 Å². The van der Waals surface area contributed by atoms with Crippen LogP contribution in [-0.4, -0.2) is 44.7 Å². The first-order valence-electron chi connectivity index (χ1n) is 5.87.